The van der Waals surface area contributed by atoms with E-state index in [4.69, 9.17) is 11.6 Å². The van der Waals surface area contributed by atoms with Crippen molar-refractivity contribution in [1.29, 1.82) is 0 Å². The molecule has 0 spiro atoms. The largest absolute Gasteiger partial charge is 0.417 e. The van der Waals surface area contributed by atoms with Gasteiger partial charge < -0.3 is 0 Å². The van der Waals surface area contributed by atoms with Crippen molar-refractivity contribution in [1.82, 2.24) is 9.97 Å². The minimum atomic E-state index is -4.56. The molecule has 0 radical (unpaired) electrons. The summed E-state index contributed by atoms with van der Waals surface area (Å²) in [6, 6.07) is 3.32. The summed E-state index contributed by atoms with van der Waals surface area (Å²) in [5.41, 5.74) is -1.27. The van der Waals surface area contributed by atoms with E-state index in [1.54, 1.807) is 0 Å². The molecule has 21 heavy (non-hydrogen) atoms. The fourth-order valence-electron chi connectivity index (χ4n) is 1.35. The molecular weight excluding hydrogens is 331 g/mol. The van der Waals surface area contributed by atoms with Crippen molar-refractivity contribution in [3.05, 3.63) is 51.3 Å². The van der Waals surface area contributed by atoms with Gasteiger partial charge in [-0.2, -0.15) is 13.2 Å². The first-order valence-electron chi connectivity index (χ1n) is 5.29. The molecule has 0 fully saturated rings. The standard InChI is InChI=1S/C11H5ClF3N3O2S/c12-7-4-6(11(13,14)15)5-17-9(7)21-10-8(18(19)20)2-1-3-16-10/h1-5H. The minimum Gasteiger partial charge on any atom is -0.258 e. The van der Waals surface area contributed by atoms with Crippen LogP contribution in [-0.2, 0) is 6.18 Å². The molecule has 0 bridgehead atoms. The van der Waals surface area contributed by atoms with Crippen LogP contribution in [0.5, 0.6) is 0 Å². The van der Waals surface area contributed by atoms with E-state index in [1.165, 1.54) is 18.3 Å². The molecule has 0 aliphatic heterocycles. The van der Waals surface area contributed by atoms with Gasteiger partial charge in [0.25, 0.3) is 0 Å². The number of nitro groups is 1. The number of aromatic nitrogens is 2. The van der Waals surface area contributed by atoms with E-state index in [2.05, 4.69) is 9.97 Å². The third-order valence-electron chi connectivity index (χ3n) is 2.28. The van der Waals surface area contributed by atoms with Crippen LogP contribution in [0.25, 0.3) is 0 Å². The van der Waals surface area contributed by atoms with Gasteiger partial charge in [0.15, 0.2) is 5.03 Å². The van der Waals surface area contributed by atoms with E-state index in [1.807, 2.05) is 0 Å². The predicted molar refractivity (Wildman–Crippen MR) is 69.3 cm³/mol. The van der Waals surface area contributed by atoms with Gasteiger partial charge in [-0.1, -0.05) is 11.6 Å². The van der Waals surface area contributed by atoms with Crippen LogP contribution in [0, 0.1) is 10.1 Å². The van der Waals surface area contributed by atoms with Crippen LogP contribution in [0.4, 0.5) is 18.9 Å². The SMILES string of the molecule is O=[N+]([O-])c1cccnc1Sc1ncc(C(F)(F)F)cc1Cl. The summed E-state index contributed by atoms with van der Waals surface area (Å²) in [5, 5.41) is 10.6. The first kappa shape index (κ1) is 15.5. The van der Waals surface area contributed by atoms with Crippen LogP contribution < -0.4 is 0 Å². The normalized spacial score (nSPS) is 11.4. The van der Waals surface area contributed by atoms with Crippen LogP contribution in [0.3, 0.4) is 0 Å². The Labute approximate surface area is 125 Å². The molecule has 0 N–H and O–H groups in total. The van der Waals surface area contributed by atoms with Gasteiger partial charge >= 0.3 is 11.9 Å². The summed E-state index contributed by atoms with van der Waals surface area (Å²) in [6.07, 6.45) is -2.62. The zero-order valence-electron chi connectivity index (χ0n) is 9.96. The molecule has 2 rings (SSSR count). The Hall–Kier alpha value is -1.87. The third-order valence-corrected chi connectivity index (χ3v) is 3.70. The summed E-state index contributed by atoms with van der Waals surface area (Å²) in [5.74, 6) is 0. The highest BCUT2D eigenvalue weighted by molar-refractivity contribution is 7.99. The average Bonchev–Trinajstić information content (AvgIpc) is 2.40. The second kappa shape index (κ2) is 5.86. The molecule has 5 nitrogen and oxygen atoms in total. The molecule has 2 heterocycles. The van der Waals surface area contributed by atoms with Crippen LogP contribution in [0.2, 0.25) is 5.02 Å². The topological polar surface area (TPSA) is 68.9 Å². The Balaban J connectivity index is 2.35. The molecule has 0 aromatic carbocycles. The molecule has 2 aromatic rings. The lowest BCUT2D eigenvalue weighted by atomic mass is 10.3. The Morgan fingerprint density at radius 2 is 2.00 bits per heavy atom. The molecule has 0 atom stereocenters. The van der Waals surface area contributed by atoms with E-state index in [-0.39, 0.29) is 20.8 Å². The zero-order valence-corrected chi connectivity index (χ0v) is 11.5. The second-order valence-electron chi connectivity index (χ2n) is 3.70. The summed E-state index contributed by atoms with van der Waals surface area (Å²) in [7, 11) is 0. The number of alkyl halides is 3. The molecule has 0 amide bonds. The van der Waals surface area contributed by atoms with Gasteiger partial charge in [0, 0.05) is 18.5 Å². The van der Waals surface area contributed by atoms with Gasteiger partial charge in [-0.15, -0.1) is 0 Å². The summed E-state index contributed by atoms with van der Waals surface area (Å²) >= 11 is 6.46. The maximum atomic E-state index is 12.5. The Bertz CT molecular complexity index is 697. The van der Waals surface area contributed by atoms with Crippen molar-refractivity contribution in [2.75, 3.05) is 0 Å². The van der Waals surface area contributed by atoms with Crippen LogP contribution in [0.15, 0.2) is 40.6 Å². The molecule has 2 aromatic heterocycles. The van der Waals surface area contributed by atoms with E-state index >= 15 is 0 Å². The number of halogens is 4. The van der Waals surface area contributed by atoms with E-state index in [9.17, 15) is 23.3 Å². The number of nitrogens with zero attached hydrogens (tertiary/aromatic N) is 3. The number of hydrogen-bond donors (Lipinski definition) is 0. The molecule has 10 heteroatoms. The highest BCUT2D eigenvalue weighted by atomic mass is 35.5. The predicted octanol–water partition coefficient (Wildman–Crippen LogP) is 4.21. The smallest absolute Gasteiger partial charge is 0.258 e. The fourth-order valence-corrected chi connectivity index (χ4v) is 2.43. The van der Waals surface area contributed by atoms with Crippen molar-refractivity contribution in [2.45, 2.75) is 16.2 Å². The molecule has 0 saturated carbocycles. The number of pyridine rings is 2. The highest BCUT2D eigenvalue weighted by Crippen LogP contribution is 2.38. The monoisotopic (exact) mass is 335 g/mol. The average molecular weight is 336 g/mol. The summed E-state index contributed by atoms with van der Waals surface area (Å²) < 4.78 is 37.5. The van der Waals surface area contributed by atoms with Gasteiger partial charge in [0.05, 0.1) is 15.5 Å². The molecular formula is C11H5ClF3N3O2S. The first-order chi connectivity index (χ1) is 9.79. The van der Waals surface area contributed by atoms with Crippen molar-refractivity contribution in [3.63, 3.8) is 0 Å². The van der Waals surface area contributed by atoms with Gasteiger partial charge in [-0.3, -0.25) is 10.1 Å². The molecule has 110 valence electrons. The first-order valence-corrected chi connectivity index (χ1v) is 6.48. The van der Waals surface area contributed by atoms with Gasteiger partial charge in [-0.05, 0) is 23.9 Å². The van der Waals surface area contributed by atoms with E-state index < -0.39 is 16.7 Å². The minimum absolute atomic E-state index is 0.00309. The van der Waals surface area contributed by atoms with Gasteiger partial charge in [0.2, 0.25) is 0 Å². The Morgan fingerprint density at radius 1 is 1.29 bits per heavy atom. The molecule has 0 aliphatic carbocycles. The Kier molecular flexibility index (Phi) is 4.33. The number of hydrogen-bond acceptors (Lipinski definition) is 5. The highest BCUT2D eigenvalue weighted by Gasteiger charge is 2.31. The molecule has 0 unspecified atom stereocenters. The quantitative estimate of drug-likeness (QED) is 0.621. The third kappa shape index (κ3) is 3.61. The fraction of sp³-hybridized carbons (Fsp3) is 0.0909. The second-order valence-corrected chi connectivity index (χ2v) is 5.08. The van der Waals surface area contributed by atoms with Crippen molar-refractivity contribution >= 4 is 29.1 Å². The lowest BCUT2D eigenvalue weighted by Crippen LogP contribution is -2.05. The van der Waals surface area contributed by atoms with Crippen LogP contribution in [0.1, 0.15) is 5.56 Å². The molecule has 0 saturated heterocycles. The zero-order chi connectivity index (χ0) is 15.6. The van der Waals surface area contributed by atoms with Crippen molar-refractivity contribution in [2.24, 2.45) is 0 Å². The Morgan fingerprint density at radius 3 is 2.57 bits per heavy atom. The van der Waals surface area contributed by atoms with Crippen LogP contribution >= 0.6 is 23.4 Å². The molecule has 0 aliphatic rings. The lowest BCUT2D eigenvalue weighted by Gasteiger charge is -2.08. The van der Waals surface area contributed by atoms with Crippen molar-refractivity contribution < 1.29 is 18.1 Å². The van der Waals surface area contributed by atoms with Gasteiger partial charge in [-0.25, -0.2) is 9.97 Å². The maximum Gasteiger partial charge on any atom is 0.417 e. The number of rotatable bonds is 3. The van der Waals surface area contributed by atoms with E-state index in [0.29, 0.717) is 12.3 Å². The van der Waals surface area contributed by atoms with E-state index in [0.717, 1.165) is 11.8 Å². The van der Waals surface area contributed by atoms with Crippen LogP contribution in [-0.4, -0.2) is 14.9 Å². The summed E-state index contributed by atoms with van der Waals surface area (Å²) in [4.78, 5) is 17.6. The summed E-state index contributed by atoms with van der Waals surface area (Å²) in [6.45, 7) is 0. The maximum absolute atomic E-state index is 12.5. The lowest BCUT2D eigenvalue weighted by molar-refractivity contribution is -0.388. The van der Waals surface area contributed by atoms with Crippen molar-refractivity contribution in [3.8, 4) is 0 Å². The van der Waals surface area contributed by atoms with Gasteiger partial charge in [0.1, 0.15) is 5.03 Å².